The lowest BCUT2D eigenvalue weighted by atomic mass is 10.1. The van der Waals surface area contributed by atoms with Crippen LogP contribution in [-0.4, -0.2) is 5.11 Å². The van der Waals surface area contributed by atoms with E-state index in [2.05, 4.69) is 6.92 Å². The molecule has 0 aliphatic carbocycles. The van der Waals surface area contributed by atoms with E-state index in [9.17, 15) is 0 Å². The van der Waals surface area contributed by atoms with E-state index < -0.39 is 0 Å². The van der Waals surface area contributed by atoms with E-state index in [0.717, 1.165) is 6.42 Å². The molecule has 0 saturated carbocycles. The van der Waals surface area contributed by atoms with Crippen molar-refractivity contribution in [2.75, 3.05) is 0 Å². The van der Waals surface area contributed by atoms with Gasteiger partial charge in [-0.1, -0.05) is 39.0 Å². The molecule has 0 aliphatic rings. The van der Waals surface area contributed by atoms with Gasteiger partial charge in [-0.3, -0.25) is 0 Å². The summed E-state index contributed by atoms with van der Waals surface area (Å²) in [5, 5.41) is 8.85. The van der Waals surface area contributed by atoms with Gasteiger partial charge in [-0.05, 0) is 25.8 Å². The maximum absolute atomic E-state index is 8.85. The van der Waals surface area contributed by atoms with Gasteiger partial charge in [0, 0.05) is 0 Å². The number of hydrogen-bond acceptors (Lipinski definition) is 1. The molecule has 0 fully saturated rings. The van der Waals surface area contributed by atoms with E-state index in [4.69, 9.17) is 5.11 Å². The molecule has 0 aromatic carbocycles. The monoisotopic (exact) mass is 170 g/mol. The van der Waals surface area contributed by atoms with Crippen LogP contribution in [0.2, 0.25) is 0 Å². The summed E-state index contributed by atoms with van der Waals surface area (Å²) in [7, 11) is 0. The molecule has 0 aliphatic heterocycles. The van der Waals surface area contributed by atoms with Gasteiger partial charge in [0.2, 0.25) is 0 Å². The summed E-state index contributed by atoms with van der Waals surface area (Å²) in [5.41, 5.74) is 0. The van der Waals surface area contributed by atoms with Gasteiger partial charge in [-0.2, -0.15) is 0 Å². The fraction of sp³-hybridized carbons (Fsp3) is 0.818. The van der Waals surface area contributed by atoms with Crippen LogP contribution in [0.15, 0.2) is 11.8 Å². The second-order valence-electron chi connectivity index (χ2n) is 3.40. The molecule has 0 rings (SSSR count). The number of hydrogen-bond donors (Lipinski definition) is 1. The van der Waals surface area contributed by atoms with E-state index in [1.54, 1.807) is 6.92 Å². The van der Waals surface area contributed by atoms with Crippen LogP contribution in [0.1, 0.15) is 58.8 Å². The van der Waals surface area contributed by atoms with Crippen molar-refractivity contribution in [3.8, 4) is 0 Å². The minimum absolute atomic E-state index is 0.462. The highest BCUT2D eigenvalue weighted by Crippen LogP contribution is 2.07. The van der Waals surface area contributed by atoms with Crippen LogP contribution < -0.4 is 0 Å². The van der Waals surface area contributed by atoms with Gasteiger partial charge in [-0.15, -0.1) is 0 Å². The Morgan fingerprint density at radius 1 is 1.08 bits per heavy atom. The van der Waals surface area contributed by atoms with Crippen molar-refractivity contribution in [3.05, 3.63) is 11.8 Å². The Balaban J connectivity index is 2.96. The van der Waals surface area contributed by atoms with Crippen LogP contribution in [0.5, 0.6) is 0 Å². The molecule has 0 spiro atoms. The maximum atomic E-state index is 8.85. The van der Waals surface area contributed by atoms with Crippen molar-refractivity contribution in [2.24, 2.45) is 0 Å². The van der Waals surface area contributed by atoms with E-state index >= 15 is 0 Å². The largest absolute Gasteiger partial charge is 0.513 e. The molecule has 1 nitrogen and oxygen atoms in total. The van der Waals surface area contributed by atoms with Crippen LogP contribution in [-0.2, 0) is 0 Å². The highest BCUT2D eigenvalue weighted by molar-refractivity contribution is 4.84. The number of rotatable bonds is 7. The Kier molecular flexibility index (Phi) is 8.30. The first-order valence-corrected chi connectivity index (χ1v) is 5.13. The van der Waals surface area contributed by atoms with Crippen molar-refractivity contribution < 1.29 is 5.11 Å². The molecule has 0 amide bonds. The SMILES string of the molecule is CCCCCCCCC=C(C)O. The third-order valence-electron chi connectivity index (χ3n) is 2.00. The number of aliphatic hydroxyl groups is 1. The third kappa shape index (κ3) is 9.54. The third-order valence-corrected chi connectivity index (χ3v) is 2.00. The van der Waals surface area contributed by atoms with Gasteiger partial charge in [-0.25, -0.2) is 0 Å². The summed E-state index contributed by atoms with van der Waals surface area (Å²) in [5.74, 6) is 0.462. The zero-order chi connectivity index (χ0) is 9.23. The minimum atomic E-state index is 0.462. The van der Waals surface area contributed by atoms with E-state index in [1.165, 1.54) is 38.5 Å². The molecule has 0 unspecified atom stereocenters. The van der Waals surface area contributed by atoms with Crippen molar-refractivity contribution >= 4 is 0 Å². The summed E-state index contributed by atoms with van der Waals surface area (Å²) < 4.78 is 0. The van der Waals surface area contributed by atoms with Crippen LogP contribution in [0.25, 0.3) is 0 Å². The van der Waals surface area contributed by atoms with Gasteiger partial charge in [0.1, 0.15) is 0 Å². The van der Waals surface area contributed by atoms with Crippen molar-refractivity contribution in [3.63, 3.8) is 0 Å². The summed E-state index contributed by atoms with van der Waals surface area (Å²) in [6, 6.07) is 0. The Morgan fingerprint density at radius 2 is 1.67 bits per heavy atom. The molecular formula is C11H22O. The van der Waals surface area contributed by atoms with Crippen molar-refractivity contribution in [1.29, 1.82) is 0 Å². The maximum Gasteiger partial charge on any atom is 0.0851 e. The molecule has 0 saturated heterocycles. The quantitative estimate of drug-likeness (QED) is 0.448. The first-order chi connectivity index (χ1) is 5.77. The second-order valence-corrected chi connectivity index (χ2v) is 3.40. The van der Waals surface area contributed by atoms with Crippen LogP contribution in [0, 0.1) is 0 Å². The van der Waals surface area contributed by atoms with E-state index in [1.807, 2.05) is 6.08 Å². The highest BCUT2D eigenvalue weighted by atomic mass is 16.3. The zero-order valence-electron chi connectivity index (χ0n) is 8.47. The molecule has 0 aromatic rings. The van der Waals surface area contributed by atoms with Gasteiger partial charge in [0.15, 0.2) is 0 Å². The molecule has 1 N–H and O–H groups in total. The number of allylic oxidation sites excluding steroid dienone is 2. The Labute approximate surface area is 76.5 Å². The lowest BCUT2D eigenvalue weighted by Crippen LogP contribution is -1.78. The molecule has 0 heterocycles. The number of aliphatic hydroxyl groups excluding tert-OH is 1. The summed E-state index contributed by atoms with van der Waals surface area (Å²) in [6.45, 7) is 3.97. The Morgan fingerprint density at radius 3 is 2.25 bits per heavy atom. The van der Waals surface area contributed by atoms with Gasteiger partial charge >= 0.3 is 0 Å². The van der Waals surface area contributed by atoms with Crippen LogP contribution >= 0.6 is 0 Å². The number of unbranched alkanes of at least 4 members (excludes halogenated alkanes) is 6. The van der Waals surface area contributed by atoms with Gasteiger partial charge < -0.3 is 5.11 Å². The lowest BCUT2D eigenvalue weighted by molar-refractivity contribution is 0.410. The molecule has 0 bridgehead atoms. The van der Waals surface area contributed by atoms with Crippen molar-refractivity contribution in [2.45, 2.75) is 58.8 Å². The summed E-state index contributed by atoms with van der Waals surface area (Å²) in [6.07, 6.45) is 10.9. The molecule has 0 atom stereocenters. The van der Waals surface area contributed by atoms with E-state index in [0.29, 0.717) is 5.76 Å². The predicted octanol–water partition coefficient (Wildman–Crippen LogP) is 4.20. The molecule has 72 valence electrons. The minimum Gasteiger partial charge on any atom is -0.513 e. The first-order valence-electron chi connectivity index (χ1n) is 5.13. The normalized spacial score (nSPS) is 12.0. The standard InChI is InChI=1S/C11H22O/c1-3-4-5-6-7-8-9-10-11(2)12/h10,12H,3-9H2,1-2H3. The van der Waals surface area contributed by atoms with Crippen molar-refractivity contribution in [1.82, 2.24) is 0 Å². The average molecular weight is 170 g/mol. The average Bonchev–Trinajstić information content (AvgIpc) is 2.02. The lowest BCUT2D eigenvalue weighted by Gasteiger charge is -1.97. The predicted molar refractivity (Wildman–Crippen MR) is 54.4 cm³/mol. The zero-order valence-corrected chi connectivity index (χ0v) is 8.47. The second kappa shape index (κ2) is 8.63. The smallest absolute Gasteiger partial charge is 0.0851 e. The Bertz CT molecular complexity index is 112. The molecule has 1 heteroatoms. The summed E-state index contributed by atoms with van der Waals surface area (Å²) >= 11 is 0. The molecule has 12 heavy (non-hydrogen) atoms. The van der Waals surface area contributed by atoms with E-state index in [-0.39, 0.29) is 0 Å². The van der Waals surface area contributed by atoms with Gasteiger partial charge in [0.25, 0.3) is 0 Å². The van der Waals surface area contributed by atoms with Crippen LogP contribution in [0.3, 0.4) is 0 Å². The first kappa shape index (κ1) is 11.5. The fourth-order valence-corrected chi connectivity index (χ4v) is 1.24. The van der Waals surface area contributed by atoms with Crippen LogP contribution in [0.4, 0.5) is 0 Å². The summed E-state index contributed by atoms with van der Waals surface area (Å²) in [4.78, 5) is 0. The highest BCUT2D eigenvalue weighted by Gasteiger charge is 1.88. The fourth-order valence-electron chi connectivity index (χ4n) is 1.24. The van der Waals surface area contributed by atoms with Gasteiger partial charge in [0.05, 0.1) is 5.76 Å². The Hall–Kier alpha value is -0.460. The molecule has 0 radical (unpaired) electrons. The topological polar surface area (TPSA) is 20.2 Å². The molecule has 0 aromatic heterocycles. The molecular weight excluding hydrogens is 148 g/mol.